The molecule has 1 aliphatic rings. The Balaban J connectivity index is 1.90. The number of anilines is 1. The van der Waals surface area contributed by atoms with E-state index in [1.54, 1.807) is 66.7 Å². The number of methoxy groups -OCH3 is 1. The van der Waals surface area contributed by atoms with Gasteiger partial charge in [0.1, 0.15) is 23.0 Å². The van der Waals surface area contributed by atoms with E-state index in [4.69, 9.17) is 14.2 Å². The number of rotatable bonds is 8. The second-order valence-corrected chi connectivity index (χ2v) is 8.81. The van der Waals surface area contributed by atoms with Gasteiger partial charge in [0.15, 0.2) is 0 Å². The van der Waals surface area contributed by atoms with Crippen LogP contribution in [-0.2, 0) is 9.59 Å². The van der Waals surface area contributed by atoms with E-state index < -0.39 is 17.7 Å². The molecule has 4 rings (SSSR count). The van der Waals surface area contributed by atoms with Crippen molar-refractivity contribution in [3.8, 4) is 17.2 Å². The molecular weight excluding hydrogens is 526 g/mol. The highest BCUT2D eigenvalue weighted by molar-refractivity contribution is 9.10. The molecule has 3 aromatic rings. The van der Waals surface area contributed by atoms with Gasteiger partial charge in [0.25, 0.3) is 11.7 Å². The van der Waals surface area contributed by atoms with E-state index in [0.717, 1.165) is 0 Å². The van der Waals surface area contributed by atoms with E-state index in [0.29, 0.717) is 51.7 Å². The molecule has 1 unspecified atom stereocenters. The number of nitrogens with zero attached hydrogens (tertiary/aromatic N) is 1. The summed E-state index contributed by atoms with van der Waals surface area (Å²) in [7, 11) is 1.54. The van der Waals surface area contributed by atoms with Crippen molar-refractivity contribution >= 4 is 39.1 Å². The number of Topliss-reactive ketones (excluding diaryl/α,β-unsaturated/α-hetero) is 1. The molecule has 3 aromatic carbocycles. The summed E-state index contributed by atoms with van der Waals surface area (Å²) in [5.41, 5.74) is 1.49. The van der Waals surface area contributed by atoms with Gasteiger partial charge in [0.2, 0.25) is 0 Å². The third-order valence-corrected chi connectivity index (χ3v) is 6.40. The number of hydrogen-bond donors (Lipinski definition) is 1. The molecule has 1 atom stereocenters. The van der Waals surface area contributed by atoms with Crippen LogP contribution in [0.1, 0.15) is 31.0 Å². The standard InChI is InChI=1S/C28H26BrNO6/c1-4-35-20-12-9-17(10-13-20)25-24(26(31)18-11-14-23(34-3)22(29)15-18)27(32)28(33)30(25)19-7-6-8-21(16-19)36-5-2/h6-16,25,31H,4-5H2,1-3H3/b26-24+. The number of aliphatic hydroxyl groups is 1. The minimum absolute atomic E-state index is 0.0111. The maximum absolute atomic E-state index is 13.4. The lowest BCUT2D eigenvalue weighted by atomic mass is 9.95. The average Bonchev–Trinajstić information content (AvgIpc) is 3.15. The summed E-state index contributed by atoms with van der Waals surface area (Å²) in [6, 6.07) is 18.2. The fraction of sp³-hybridized carbons (Fsp3) is 0.214. The molecule has 1 amide bonds. The van der Waals surface area contributed by atoms with Crippen LogP contribution in [-0.4, -0.2) is 37.1 Å². The second-order valence-electron chi connectivity index (χ2n) is 7.95. The first-order valence-corrected chi connectivity index (χ1v) is 12.3. The topological polar surface area (TPSA) is 85.3 Å². The van der Waals surface area contributed by atoms with E-state index in [1.807, 2.05) is 13.8 Å². The minimum atomic E-state index is -0.863. The second kappa shape index (κ2) is 10.9. The van der Waals surface area contributed by atoms with Crippen molar-refractivity contribution in [2.45, 2.75) is 19.9 Å². The SMILES string of the molecule is CCOc1ccc(C2/C(=C(\O)c3ccc(OC)c(Br)c3)C(=O)C(=O)N2c2cccc(OCC)c2)cc1. The molecule has 0 saturated carbocycles. The van der Waals surface area contributed by atoms with Gasteiger partial charge in [-0.15, -0.1) is 0 Å². The lowest BCUT2D eigenvalue weighted by Gasteiger charge is -2.26. The Hall–Kier alpha value is -3.78. The van der Waals surface area contributed by atoms with Crippen molar-refractivity contribution in [1.29, 1.82) is 0 Å². The number of amides is 1. The molecule has 0 bridgehead atoms. The van der Waals surface area contributed by atoms with Gasteiger partial charge in [0.05, 0.1) is 36.4 Å². The van der Waals surface area contributed by atoms with Crippen LogP contribution in [0, 0.1) is 0 Å². The highest BCUT2D eigenvalue weighted by atomic mass is 79.9. The molecule has 1 saturated heterocycles. The number of ether oxygens (including phenoxy) is 3. The number of aliphatic hydroxyl groups excluding tert-OH is 1. The lowest BCUT2D eigenvalue weighted by molar-refractivity contribution is -0.132. The summed E-state index contributed by atoms with van der Waals surface area (Å²) >= 11 is 3.42. The largest absolute Gasteiger partial charge is 0.507 e. The summed E-state index contributed by atoms with van der Waals surface area (Å²) in [5, 5.41) is 11.3. The Kier molecular flexibility index (Phi) is 7.64. The Bertz CT molecular complexity index is 1320. The summed E-state index contributed by atoms with van der Waals surface area (Å²) in [4.78, 5) is 28.1. The highest BCUT2D eigenvalue weighted by Crippen LogP contribution is 2.43. The van der Waals surface area contributed by atoms with Crippen LogP contribution in [0.2, 0.25) is 0 Å². The van der Waals surface area contributed by atoms with Gasteiger partial charge in [0, 0.05) is 17.3 Å². The van der Waals surface area contributed by atoms with Crippen molar-refractivity contribution in [1.82, 2.24) is 0 Å². The minimum Gasteiger partial charge on any atom is -0.507 e. The highest BCUT2D eigenvalue weighted by Gasteiger charge is 2.47. The quantitative estimate of drug-likeness (QED) is 0.214. The molecule has 1 heterocycles. The monoisotopic (exact) mass is 551 g/mol. The molecule has 0 aromatic heterocycles. The van der Waals surface area contributed by atoms with E-state index in [2.05, 4.69) is 15.9 Å². The van der Waals surface area contributed by atoms with Gasteiger partial charge in [-0.05, 0) is 77.8 Å². The fourth-order valence-electron chi connectivity index (χ4n) is 4.19. The van der Waals surface area contributed by atoms with Gasteiger partial charge in [-0.3, -0.25) is 14.5 Å². The maximum Gasteiger partial charge on any atom is 0.300 e. The van der Waals surface area contributed by atoms with Crippen LogP contribution in [0.5, 0.6) is 17.2 Å². The molecule has 7 nitrogen and oxygen atoms in total. The predicted octanol–water partition coefficient (Wildman–Crippen LogP) is 5.88. The average molecular weight is 552 g/mol. The van der Waals surface area contributed by atoms with Gasteiger partial charge < -0.3 is 19.3 Å². The first kappa shape index (κ1) is 25.3. The molecule has 36 heavy (non-hydrogen) atoms. The zero-order valence-electron chi connectivity index (χ0n) is 20.2. The zero-order chi connectivity index (χ0) is 25.8. The van der Waals surface area contributed by atoms with Gasteiger partial charge in [-0.1, -0.05) is 18.2 Å². The Morgan fingerprint density at radius 1 is 0.944 bits per heavy atom. The number of hydrogen-bond acceptors (Lipinski definition) is 6. The fourth-order valence-corrected chi connectivity index (χ4v) is 4.73. The van der Waals surface area contributed by atoms with Crippen molar-refractivity contribution in [2.75, 3.05) is 25.2 Å². The van der Waals surface area contributed by atoms with Gasteiger partial charge in [-0.2, -0.15) is 0 Å². The molecule has 0 radical (unpaired) electrons. The van der Waals surface area contributed by atoms with Crippen molar-refractivity contribution < 1.29 is 28.9 Å². The first-order valence-electron chi connectivity index (χ1n) is 11.5. The molecule has 0 aliphatic carbocycles. The Labute approximate surface area is 218 Å². The maximum atomic E-state index is 13.4. The van der Waals surface area contributed by atoms with Crippen molar-refractivity contribution in [2.24, 2.45) is 0 Å². The van der Waals surface area contributed by atoms with Crippen molar-refractivity contribution in [3.63, 3.8) is 0 Å². The van der Waals surface area contributed by atoms with E-state index in [9.17, 15) is 14.7 Å². The van der Waals surface area contributed by atoms with E-state index in [-0.39, 0.29) is 11.3 Å². The van der Waals surface area contributed by atoms with Gasteiger partial charge >= 0.3 is 0 Å². The number of carbonyl (C=O) groups is 2. The molecule has 0 spiro atoms. The first-order chi connectivity index (χ1) is 17.4. The molecule has 1 fully saturated rings. The molecule has 1 N–H and O–H groups in total. The predicted molar refractivity (Wildman–Crippen MR) is 141 cm³/mol. The number of halogens is 1. The van der Waals surface area contributed by atoms with Gasteiger partial charge in [-0.25, -0.2) is 0 Å². The smallest absolute Gasteiger partial charge is 0.300 e. The lowest BCUT2D eigenvalue weighted by Crippen LogP contribution is -2.29. The molecule has 8 heteroatoms. The molecule has 1 aliphatic heterocycles. The molecular formula is C28H26BrNO6. The Morgan fingerprint density at radius 3 is 2.28 bits per heavy atom. The number of benzene rings is 3. The van der Waals surface area contributed by atoms with Crippen LogP contribution in [0.3, 0.4) is 0 Å². The van der Waals surface area contributed by atoms with Crippen LogP contribution >= 0.6 is 15.9 Å². The number of carbonyl (C=O) groups excluding carboxylic acids is 2. The summed E-state index contributed by atoms with van der Waals surface area (Å²) in [5.74, 6) is 0.00992. The molecule has 186 valence electrons. The van der Waals surface area contributed by atoms with E-state index in [1.165, 1.54) is 12.0 Å². The zero-order valence-corrected chi connectivity index (χ0v) is 21.7. The summed E-state index contributed by atoms with van der Waals surface area (Å²) in [6.45, 7) is 4.72. The third-order valence-electron chi connectivity index (χ3n) is 5.78. The number of ketones is 1. The van der Waals surface area contributed by atoms with Crippen molar-refractivity contribution in [3.05, 3.63) is 87.9 Å². The third kappa shape index (κ3) is 4.81. The van der Waals surface area contributed by atoms with Crippen LogP contribution < -0.4 is 19.1 Å². The summed E-state index contributed by atoms with van der Waals surface area (Å²) in [6.07, 6.45) is 0. The normalized spacial score (nSPS) is 16.8. The van der Waals surface area contributed by atoms with Crippen LogP contribution in [0.25, 0.3) is 5.76 Å². The van der Waals surface area contributed by atoms with Crippen LogP contribution in [0.15, 0.2) is 76.8 Å². The van der Waals surface area contributed by atoms with Crippen LogP contribution in [0.4, 0.5) is 5.69 Å². The summed E-state index contributed by atoms with van der Waals surface area (Å²) < 4.78 is 17.0. The Morgan fingerprint density at radius 2 is 1.64 bits per heavy atom. The van der Waals surface area contributed by atoms with E-state index >= 15 is 0 Å².